The van der Waals surface area contributed by atoms with E-state index in [0.717, 1.165) is 32.6 Å². The Kier molecular flexibility index (Phi) is 13.1. The van der Waals surface area contributed by atoms with Crippen molar-refractivity contribution in [3.63, 3.8) is 0 Å². The van der Waals surface area contributed by atoms with Crippen LogP contribution in [0.1, 0.15) is 31.0 Å². The molecule has 156 valence electrons. The number of aromatic nitrogens is 2. The number of amides is 1. The fourth-order valence-electron chi connectivity index (χ4n) is 2.73. The first-order chi connectivity index (χ1) is 12.1. The lowest BCUT2D eigenvalue weighted by atomic mass is 10.1. The molecule has 0 bridgehead atoms. The highest BCUT2D eigenvalue weighted by atomic mass is 35.5. The predicted octanol–water partition coefficient (Wildman–Crippen LogP) is 0.807. The molecule has 10 heteroatoms. The third-order valence-electron chi connectivity index (χ3n) is 4.17. The molecule has 27 heavy (non-hydrogen) atoms. The van der Waals surface area contributed by atoms with Crippen LogP contribution in [0.2, 0.25) is 0 Å². The minimum absolute atomic E-state index is 0. The number of H-pyrrole nitrogens is 1. The first-order valence-electron chi connectivity index (χ1n) is 9.01. The summed E-state index contributed by atoms with van der Waals surface area (Å²) in [6, 6.07) is 0. The van der Waals surface area contributed by atoms with Gasteiger partial charge in [-0.2, -0.15) is 0 Å². The molecule has 1 aliphatic heterocycles. The molecular weight excluding hydrogens is 393 g/mol. The van der Waals surface area contributed by atoms with Gasteiger partial charge in [0, 0.05) is 43.9 Å². The maximum atomic E-state index is 12.4. The molecule has 0 aliphatic carbocycles. The molecule has 1 aromatic rings. The number of carbonyl (C=O) groups excluding carboxylic acids is 1. The van der Waals surface area contributed by atoms with Crippen molar-refractivity contribution in [1.29, 1.82) is 0 Å². The fraction of sp³-hybridized carbons (Fsp3) is 0.706. The lowest BCUT2D eigenvalue weighted by Crippen LogP contribution is -2.38. The Bertz CT molecular complexity index is 621. The zero-order chi connectivity index (χ0) is 18.1. The second-order valence-corrected chi connectivity index (χ2v) is 6.15. The van der Waals surface area contributed by atoms with Crippen molar-refractivity contribution in [1.82, 2.24) is 20.6 Å². The van der Waals surface area contributed by atoms with Crippen molar-refractivity contribution in [2.24, 2.45) is 0 Å². The van der Waals surface area contributed by atoms with Crippen LogP contribution in [-0.4, -0.2) is 61.8 Å². The molecule has 1 aliphatic rings. The number of nitrogens with one attached hydrogen (secondary N) is 3. The van der Waals surface area contributed by atoms with Crippen molar-refractivity contribution in [2.45, 2.75) is 33.1 Å². The number of carbonyl (C=O) groups is 1. The van der Waals surface area contributed by atoms with Crippen molar-refractivity contribution in [2.75, 3.05) is 50.8 Å². The third kappa shape index (κ3) is 8.47. The van der Waals surface area contributed by atoms with E-state index in [-0.39, 0.29) is 42.7 Å². The van der Waals surface area contributed by atoms with E-state index in [1.54, 1.807) is 0 Å². The summed E-state index contributed by atoms with van der Waals surface area (Å²) in [5, 5.41) is 6.08. The van der Waals surface area contributed by atoms with Crippen molar-refractivity contribution >= 4 is 36.7 Å². The Morgan fingerprint density at radius 3 is 2.56 bits per heavy atom. The summed E-state index contributed by atoms with van der Waals surface area (Å²) in [7, 11) is 0. The monoisotopic (exact) mass is 423 g/mol. The summed E-state index contributed by atoms with van der Waals surface area (Å²) in [6.45, 7) is 8.94. The number of ether oxygens (including phenoxy) is 1. The highest BCUT2D eigenvalue weighted by molar-refractivity contribution is 5.85. The lowest BCUT2D eigenvalue weighted by Gasteiger charge is -2.27. The molecular formula is C17H31Cl2N5O3. The molecule has 0 radical (unpaired) electrons. The standard InChI is InChI=1S/C17H29N5O3.2ClH/c1-3-6-18-7-8-19-15(23)5-4-14-13(2)20-17(21-16(14)24)22-9-11-25-12-10-22;;/h18H,3-12H2,1-2H3,(H,19,23)(H,20,21,24);2*1H. The number of aryl methyl sites for hydroxylation is 1. The number of hydrogen-bond donors (Lipinski definition) is 3. The normalized spacial score (nSPS) is 13.5. The van der Waals surface area contributed by atoms with Gasteiger partial charge >= 0.3 is 0 Å². The number of anilines is 1. The lowest BCUT2D eigenvalue weighted by molar-refractivity contribution is -0.121. The quantitative estimate of drug-likeness (QED) is 0.508. The van der Waals surface area contributed by atoms with Crippen LogP contribution >= 0.6 is 24.8 Å². The van der Waals surface area contributed by atoms with Crippen molar-refractivity contribution in [3.05, 3.63) is 21.6 Å². The van der Waals surface area contributed by atoms with Crippen molar-refractivity contribution < 1.29 is 9.53 Å². The smallest absolute Gasteiger partial charge is 0.255 e. The van der Waals surface area contributed by atoms with Crippen molar-refractivity contribution in [3.8, 4) is 0 Å². The van der Waals surface area contributed by atoms with E-state index < -0.39 is 0 Å². The Hall–Kier alpha value is -1.35. The number of hydrogen-bond acceptors (Lipinski definition) is 6. The highest BCUT2D eigenvalue weighted by Gasteiger charge is 2.16. The number of aromatic amines is 1. The predicted molar refractivity (Wildman–Crippen MR) is 112 cm³/mol. The van der Waals surface area contributed by atoms with Gasteiger partial charge in [0.05, 0.1) is 13.2 Å². The van der Waals surface area contributed by atoms with E-state index in [1.165, 1.54) is 0 Å². The average molecular weight is 424 g/mol. The molecule has 0 unspecified atom stereocenters. The summed E-state index contributed by atoms with van der Waals surface area (Å²) in [5.74, 6) is 0.537. The van der Waals surface area contributed by atoms with E-state index in [0.29, 0.717) is 43.4 Å². The van der Waals surface area contributed by atoms with Crippen LogP contribution in [0.4, 0.5) is 5.95 Å². The Morgan fingerprint density at radius 2 is 1.93 bits per heavy atom. The first kappa shape index (κ1) is 25.6. The number of halogens is 2. The molecule has 8 nitrogen and oxygen atoms in total. The molecule has 1 saturated heterocycles. The maximum Gasteiger partial charge on any atom is 0.255 e. The molecule has 1 fully saturated rings. The zero-order valence-electron chi connectivity index (χ0n) is 16.0. The summed E-state index contributed by atoms with van der Waals surface area (Å²) in [6.07, 6.45) is 1.76. The van der Waals surface area contributed by atoms with Crippen LogP contribution in [0.25, 0.3) is 0 Å². The summed E-state index contributed by atoms with van der Waals surface area (Å²) in [4.78, 5) is 33.6. The molecule has 1 amide bonds. The van der Waals surface area contributed by atoms with Gasteiger partial charge in [-0.25, -0.2) is 4.98 Å². The van der Waals surface area contributed by atoms with Crippen LogP contribution < -0.4 is 21.1 Å². The minimum atomic E-state index is -0.161. The van der Waals surface area contributed by atoms with Gasteiger partial charge in [0.2, 0.25) is 11.9 Å². The molecule has 1 aromatic heterocycles. The maximum absolute atomic E-state index is 12.4. The summed E-state index contributed by atoms with van der Waals surface area (Å²) < 4.78 is 5.31. The van der Waals surface area contributed by atoms with Gasteiger partial charge in [0.15, 0.2) is 0 Å². The number of morpholine rings is 1. The molecule has 0 aromatic carbocycles. The third-order valence-corrected chi connectivity index (χ3v) is 4.17. The molecule has 3 N–H and O–H groups in total. The SMILES string of the molecule is CCCNCCNC(=O)CCc1c(C)nc(N2CCOCC2)[nH]c1=O.Cl.Cl. The van der Waals surface area contributed by atoms with Crippen LogP contribution in [0.3, 0.4) is 0 Å². The van der Waals surface area contributed by atoms with Gasteiger partial charge in [-0.15, -0.1) is 24.8 Å². The van der Waals surface area contributed by atoms with E-state index in [4.69, 9.17) is 4.74 Å². The highest BCUT2D eigenvalue weighted by Crippen LogP contribution is 2.11. The van der Waals surface area contributed by atoms with Gasteiger partial charge in [-0.3, -0.25) is 14.6 Å². The molecule has 2 rings (SSSR count). The topological polar surface area (TPSA) is 99.3 Å². The second kappa shape index (κ2) is 13.8. The summed E-state index contributed by atoms with van der Waals surface area (Å²) >= 11 is 0. The Morgan fingerprint density at radius 1 is 1.22 bits per heavy atom. The van der Waals surface area contributed by atoms with Gasteiger partial charge < -0.3 is 20.3 Å². The molecule has 0 atom stereocenters. The van der Waals surface area contributed by atoms with Crippen LogP contribution in [0.5, 0.6) is 0 Å². The average Bonchev–Trinajstić information content (AvgIpc) is 2.61. The van der Waals surface area contributed by atoms with Gasteiger partial charge in [0.25, 0.3) is 5.56 Å². The first-order valence-corrected chi connectivity index (χ1v) is 9.01. The van der Waals surface area contributed by atoms with E-state index in [9.17, 15) is 9.59 Å². The minimum Gasteiger partial charge on any atom is -0.378 e. The Labute approximate surface area is 172 Å². The zero-order valence-corrected chi connectivity index (χ0v) is 17.6. The molecule has 0 spiro atoms. The van der Waals surface area contributed by atoms with Gasteiger partial charge in [0.1, 0.15) is 0 Å². The number of nitrogens with zero attached hydrogens (tertiary/aromatic N) is 2. The molecule has 0 saturated carbocycles. The van der Waals surface area contributed by atoms with E-state index >= 15 is 0 Å². The Balaban J connectivity index is 0.00000338. The van der Waals surface area contributed by atoms with Gasteiger partial charge in [-0.05, 0) is 26.3 Å². The van der Waals surface area contributed by atoms with Crippen LogP contribution in [-0.2, 0) is 16.0 Å². The summed E-state index contributed by atoms with van der Waals surface area (Å²) in [5.41, 5.74) is 1.10. The van der Waals surface area contributed by atoms with Crippen LogP contribution in [0, 0.1) is 6.92 Å². The molecule has 2 heterocycles. The fourth-order valence-corrected chi connectivity index (χ4v) is 2.73. The largest absolute Gasteiger partial charge is 0.378 e. The number of rotatable bonds is 9. The second-order valence-electron chi connectivity index (χ2n) is 6.15. The van der Waals surface area contributed by atoms with E-state index in [1.807, 2.05) is 11.8 Å². The van der Waals surface area contributed by atoms with E-state index in [2.05, 4.69) is 27.5 Å². The van der Waals surface area contributed by atoms with Crippen LogP contribution in [0.15, 0.2) is 4.79 Å². The van der Waals surface area contributed by atoms with Gasteiger partial charge in [-0.1, -0.05) is 6.92 Å².